The van der Waals surface area contributed by atoms with E-state index in [1.165, 1.54) is 34.9 Å². The number of methoxy groups -OCH3 is 1. The molecule has 1 N–H and O–H groups in total. The van der Waals surface area contributed by atoms with Gasteiger partial charge in [-0.05, 0) is 85.4 Å². The number of fused-ring (bicyclic) bond motifs is 1. The van der Waals surface area contributed by atoms with Crippen molar-refractivity contribution in [2.75, 3.05) is 20.2 Å². The van der Waals surface area contributed by atoms with Crippen LogP contribution in [0.3, 0.4) is 0 Å². The van der Waals surface area contributed by atoms with Gasteiger partial charge in [0, 0.05) is 29.8 Å². The molecule has 5 rings (SSSR count). The smallest absolute Gasteiger partial charge is 0.130 e. The van der Waals surface area contributed by atoms with Crippen molar-refractivity contribution < 1.29 is 9.47 Å². The zero-order chi connectivity index (χ0) is 21.8. The van der Waals surface area contributed by atoms with Crippen molar-refractivity contribution in [3.63, 3.8) is 0 Å². The second-order valence-corrected chi connectivity index (χ2v) is 8.46. The van der Waals surface area contributed by atoms with Crippen molar-refractivity contribution in [3.05, 3.63) is 89.9 Å². The Hall–Kier alpha value is -3.31. The van der Waals surface area contributed by atoms with Crippen LogP contribution in [0.4, 0.5) is 0 Å². The normalized spacial score (nSPS) is 15.2. The number of piperidine rings is 1. The molecule has 3 heterocycles. The van der Waals surface area contributed by atoms with E-state index in [1.54, 1.807) is 13.3 Å². The van der Waals surface area contributed by atoms with E-state index in [-0.39, 0.29) is 0 Å². The van der Waals surface area contributed by atoms with Crippen LogP contribution in [0.25, 0.3) is 10.9 Å². The van der Waals surface area contributed by atoms with Gasteiger partial charge < -0.3 is 14.5 Å². The summed E-state index contributed by atoms with van der Waals surface area (Å²) in [5.74, 6) is 2.39. The predicted molar refractivity (Wildman–Crippen MR) is 127 cm³/mol. The highest BCUT2D eigenvalue weighted by atomic mass is 16.5. The van der Waals surface area contributed by atoms with Gasteiger partial charge in [-0.2, -0.15) is 0 Å². The van der Waals surface area contributed by atoms with Gasteiger partial charge in [-0.1, -0.05) is 18.2 Å². The Morgan fingerprint density at radius 1 is 1.00 bits per heavy atom. The molecule has 1 aliphatic rings. The molecule has 1 aliphatic heterocycles. The van der Waals surface area contributed by atoms with Crippen LogP contribution in [0, 0.1) is 0 Å². The van der Waals surface area contributed by atoms with Crippen molar-refractivity contribution in [2.24, 2.45) is 0 Å². The number of aromatic amines is 1. The Morgan fingerprint density at radius 3 is 2.56 bits per heavy atom. The van der Waals surface area contributed by atoms with Crippen LogP contribution in [0.2, 0.25) is 0 Å². The first-order valence-corrected chi connectivity index (χ1v) is 11.3. The summed E-state index contributed by atoms with van der Waals surface area (Å²) in [5, 5.41) is 1.30. The average molecular weight is 428 g/mol. The third-order valence-electron chi connectivity index (χ3n) is 6.39. The second-order valence-electron chi connectivity index (χ2n) is 8.46. The van der Waals surface area contributed by atoms with E-state index in [0.717, 1.165) is 36.8 Å². The monoisotopic (exact) mass is 427 g/mol. The Kier molecular flexibility index (Phi) is 6.08. The van der Waals surface area contributed by atoms with Crippen LogP contribution in [-0.2, 0) is 13.2 Å². The van der Waals surface area contributed by atoms with Gasteiger partial charge in [0.2, 0.25) is 0 Å². The minimum Gasteiger partial charge on any atom is -0.497 e. The Balaban J connectivity index is 1.15. The van der Waals surface area contributed by atoms with Gasteiger partial charge in [0.25, 0.3) is 0 Å². The molecule has 0 unspecified atom stereocenters. The maximum absolute atomic E-state index is 5.86. The number of nitrogens with zero attached hydrogens (tertiary/aromatic N) is 2. The lowest BCUT2D eigenvalue weighted by atomic mass is 9.89. The van der Waals surface area contributed by atoms with Gasteiger partial charge in [0.15, 0.2) is 0 Å². The summed E-state index contributed by atoms with van der Waals surface area (Å²) in [5.41, 5.74) is 4.88. The Bertz CT molecular complexity index is 1150. The molecule has 5 heteroatoms. The predicted octanol–water partition coefficient (Wildman–Crippen LogP) is 5.53. The van der Waals surface area contributed by atoms with Crippen molar-refractivity contribution in [3.8, 4) is 11.5 Å². The van der Waals surface area contributed by atoms with Crippen molar-refractivity contribution in [1.29, 1.82) is 0 Å². The number of likely N-dealkylation sites (tertiary alicyclic amines) is 1. The number of pyridine rings is 1. The van der Waals surface area contributed by atoms with Gasteiger partial charge in [-0.3, -0.25) is 9.88 Å². The van der Waals surface area contributed by atoms with Crippen LogP contribution < -0.4 is 9.47 Å². The summed E-state index contributed by atoms with van der Waals surface area (Å²) >= 11 is 0. The first kappa shape index (κ1) is 20.6. The van der Waals surface area contributed by atoms with Crippen LogP contribution in [0.1, 0.15) is 35.6 Å². The summed E-state index contributed by atoms with van der Waals surface area (Å²) < 4.78 is 11.3. The topological polar surface area (TPSA) is 50.4 Å². The highest BCUT2D eigenvalue weighted by molar-refractivity contribution is 5.85. The Morgan fingerprint density at radius 2 is 1.81 bits per heavy atom. The SMILES string of the molecule is COc1ccc2[nH]cc(C3CCN(Cc4ccc(OCc5ccccn5)cc4)CC3)c2c1. The van der Waals surface area contributed by atoms with Crippen molar-refractivity contribution in [1.82, 2.24) is 14.9 Å². The zero-order valence-corrected chi connectivity index (χ0v) is 18.5. The molecule has 4 aromatic rings. The highest BCUT2D eigenvalue weighted by Gasteiger charge is 2.23. The van der Waals surface area contributed by atoms with E-state index in [2.05, 4.69) is 57.5 Å². The highest BCUT2D eigenvalue weighted by Crippen LogP contribution is 2.35. The molecule has 5 nitrogen and oxygen atoms in total. The molecule has 2 aromatic heterocycles. The number of benzene rings is 2. The lowest BCUT2D eigenvalue weighted by Gasteiger charge is -2.32. The minimum absolute atomic E-state index is 0.493. The molecule has 1 saturated heterocycles. The maximum Gasteiger partial charge on any atom is 0.130 e. The second kappa shape index (κ2) is 9.45. The van der Waals surface area contributed by atoms with Crippen molar-refractivity contribution in [2.45, 2.75) is 31.9 Å². The quantitative estimate of drug-likeness (QED) is 0.421. The summed E-state index contributed by atoms with van der Waals surface area (Å²) in [7, 11) is 1.73. The molecule has 2 aromatic carbocycles. The van der Waals surface area contributed by atoms with Crippen LogP contribution in [0.5, 0.6) is 11.5 Å². The van der Waals surface area contributed by atoms with Gasteiger partial charge in [0.05, 0.1) is 12.8 Å². The number of hydrogen-bond donors (Lipinski definition) is 1. The standard InChI is InChI=1S/C27H29N3O2/c1-31-24-9-10-27-25(16-24)26(17-29-27)21-11-14-30(15-12-21)18-20-5-7-23(8-6-20)32-19-22-4-2-3-13-28-22/h2-10,13,16-17,21,29H,11-12,14-15,18-19H2,1H3. The molecule has 0 saturated carbocycles. The van der Waals surface area contributed by atoms with Crippen molar-refractivity contribution >= 4 is 10.9 Å². The van der Waals surface area contributed by atoms with E-state index in [1.807, 2.05) is 24.3 Å². The molecule has 0 bridgehead atoms. The van der Waals surface area contributed by atoms with E-state index >= 15 is 0 Å². The fraction of sp³-hybridized carbons (Fsp3) is 0.296. The lowest BCUT2D eigenvalue weighted by Crippen LogP contribution is -2.32. The van der Waals surface area contributed by atoms with Gasteiger partial charge >= 0.3 is 0 Å². The summed E-state index contributed by atoms with van der Waals surface area (Å²) in [6.45, 7) is 3.70. The van der Waals surface area contributed by atoms with E-state index in [0.29, 0.717) is 12.5 Å². The molecule has 164 valence electrons. The van der Waals surface area contributed by atoms with Crippen LogP contribution in [0.15, 0.2) is 73.1 Å². The lowest BCUT2D eigenvalue weighted by molar-refractivity contribution is 0.205. The van der Waals surface area contributed by atoms with Gasteiger partial charge in [-0.25, -0.2) is 0 Å². The van der Waals surface area contributed by atoms with E-state index < -0.39 is 0 Å². The van der Waals surface area contributed by atoms with Crippen LogP contribution >= 0.6 is 0 Å². The zero-order valence-electron chi connectivity index (χ0n) is 18.5. The molecule has 1 fully saturated rings. The molecule has 0 atom stereocenters. The molecule has 0 spiro atoms. The number of rotatable bonds is 7. The number of ether oxygens (including phenoxy) is 2. The maximum atomic E-state index is 5.86. The molecule has 0 amide bonds. The van der Waals surface area contributed by atoms with E-state index in [9.17, 15) is 0 Å². The molecule has 0 radical (unpaired) electrons. The van der Waals surface area contributed by atoms with E-state index in [4.69, 9.17) is 9.47 Å². The summed E-state index contributed by atoms with van der Waals surface area (Å²) in [4.78, 5) is 10.3. The first-order chi connectivity index (χ1) is 15.8. The number of H-pyrrole nitrogens is 1. The largest absolute Gasteiger partial charge is 0.497 e. The minimum atomic E-state index is 0.493. The van der Waals surface area contributed by atoms with Gasteiger partial charge in [0.1, 0.15) is 18.1 Å². The third-order valence-corrected chi connectivity index (χ3v) is 6.39. The fourth-order valence-electron chi connectivity index (χ4n) is 4.58. The summed E-state index contributed by atoms with van der Waals surface area (Å²) in [6.07, 6.45) is 6.33. The third kappa shape index (κ3) is 4.63. The van der Waals surface area contributed by atoms with Gasteiger partial charge in [-0.15, -0.1) is 0 Å². The average Bonchev–Trinajstić information content (AvgIpc) is 3.28. The summed E-state index contributed by atoms with van der Waals surface area (Å²) in [6, 6.07) is 20.6. The first-order valence-electron chi connectivity index (χ1n) is 11.3. The van der Waals surface area contributed by atoms with Crippen LogP contribution in [-0.4, -0.2) is 35.1 Å². The number of hydrogen-bond acceptors (Lipinski definition) is 4. The molecular formula is C27H29N3O2. The molecular weight excluding hydrogens is 398 g/mol. The number of aromatic nitrogens is 2. The molecule has 32 heavy (non-hydrogen) atoms. The number of nitrogens with one attached hydrogen (secondary N) is 1. The fourth-order valence-corrected chi connectivity index (χ4v) is 4.58. The molecule has 0 aliphatic carbocycles. The Labute approximate surface area is 189 Å².